The summed E-state index contributed by atoms with van der Waals surface area (Å²) in [5.74, 6) is 0. The van der Waals surface area contributed by atoms with E-state index >= 15 is 0 Å². The quantitative estimate of drug-likeness (QED) is 0.567. The summed E-state index contributed by atoms with van der Waals surface area (Å²) in [6.45, 7) is 2.09. The minimum Gasteiger partial charge on any atom is -0.104 e. The van der Waals surface area contributed by atoms with Gasteiger partial charge >= 0.3 is 0 Å². The van der Waals surface area contributed by atoms with Crippen LogP contribution < -0.4 is 5.30 Å². The predicted octanol–water partition coefficient (Wildman–Crippen LogP) is 2.26. The van der Waals surface area contributed by atoms with Crippen LogP contribution in [0.1, 0.15) is 5.56 Å². The third-order valence-corrected chi connectivity index (χ3v) is 3.15. The first-order valence-electron chi connectivity index (χ1n) is 2.72. The Kier molecular flexibility index (Phi) is 2.26. The highest BCUT2D eigenvalue weighted by Crippen LogP contribution is 2.11. The fourth-order valence-electron chi connectivity index (χ4n) is 0.645. The molecule has 1 aromatic carbocycles. The molecular weight excluding hydrogens is 195 g/mol. The topological polar surface area (TPSA) is 0 Å². The molecule has 0 N–H and O–H groups in total. The lowest BCUT2D eigenvalue weighted by atomic mass is 10.2. The molecule has 48 valence electrons. The first-order chi connectivity index (χ1) is 4.22. The fraction of sp³-hybridized carbons (Fsp3) is 0.143. The van der Waals surface area contributed by atoms with Crippen molar-refractivity contribution in [2.45, 2.75) is 6.92 Å². The molecule has 0 amide bonds. The number of benzene rings is 1. The molecule has 0 fully saturated rings. The normalized spacial score (nSPS) is 9.67. The van der Waals surface area contributed by atoms with E-state index in [9.17, 15) is 0 Å². The maximum absolute atomic E-state index is 3.43. The molecule has 1 aromatic rings. The van der Waals surface area contributed by atoms with Crippen LogP contribution in [0.3, 0.4) is 0 Å². The molecule has 0 aliphatic heterocycles. The van der Waals surface area contributed by atoms with Crippen molar-refractivity contribution < 1.29 is 0 Å². The molecule has 1 atom stereocenters. The molecule has 0 aliphatic rings. The molecule has 0 heterocycles. The van der Waals surface area contributed by atoms with Crippen LogP contribution >= 0.6 is 25.2 Å². The molecular formula is C7H8BrP. The van der Waals surface area contributed by atoms with Crippen molar-refractivity contribution in [1.29, 1.82) is 0 Å². The second-order valence-corrected chi connectivity index (χ2v) is 3.40. The van der Waals surface area contributed by atoms with Crippen molar-refractivity contribution >= 4 is 30.5 Å². The molecule has 1 unspecified atom stereocenters. The van der Waals surface area contributed by atoms with Crippen molar-refractivity contribution in [3.05, 3.63) is 28.2 Å². The van der Waals surface area contributed by atoms with Gasteiger partial charge in [0.2, 0.25) is 0 Å². The van der Waals surface area contributed by atoms with Gasteiger partial charge in [-0.3, -0.25) is 0 Å². The number of rotatable bonds is 0. The Morgan fingerprint density at radius 3 is 2.56 bits per heavy atom. The summed E-state index contributed by atoms with van der Waals surface area (Å²) in [6.07, 6.45) is 0. The van der Waals surface area contributed by atoms with E-state index in [0.717, 1.165) is 4.47 Å². The first kappa shape index (κ1) is 7.24. The average Bonchev–Trinajstić information content (AvgIpc) is 1.83. The van der Waals surface area contributed by atoms with Gasteiger partial charge in [-0.15, -0.1) is 9.24 Å². The Morgan fingerprint density at radius 2 is 2.11 bits per heavy atom. The van der Waals surface area contributed by atoms with Crippen molar-refractivity contribution in [3.8, 4) is 0 Å². The van der Waals surface area contributed by atoms with E-state index in [-0.39, 0.29) is 0 Å². The highest BCUT2D eigenvalue weighted by Gasteiger charge is 1.93. The van der Waals surface area contributed by atoms with Crippen LogP contribution in [0.5, 0.6) is 0 Å². The minimum atomic E-state index is 1.16. The second-order valence-electron chi connectivity index (χ2n) is 1.97. The molecule has 0 aliphatic carbocycles. The Morgan fingerprint density at radius 1 is 1.44 bits per heavy atom. The Hall–Kier alpha value is 0.130. The fourth-order valence-corrected chi connectivity index (χ4v) is 1.30. The minimum absolute atomic E-state index is 1.16. The van der Waals surface area contributed by atoms with Crippen LogP contribution in [0.2, 0.25) is 0 Å². The SMILES string of the molecule is Cc1cccc(Br)c1P. The number of hydrogen-bond donors (Lipinski definition) is 0. The van der Waals surface area contributed by atoms with E-state index in [1.54, 1.807) is 0 Å². The van der Waals surface area contributed by atoms with Crippen molar-refractivity contribution in [1.82, 2.24) is 0 Å². The van der Waals surface area contributed by atoms with Crippen LogP contribution in [0.25, 0.3) is 0 Å². The smallest absolute Gasteiger partial charge is 0.0249 e. The van der Waals surface area contributed by atoms with Gasteiger partial charge in [0.05, 0.1) is 0 Å². The summed E-state index contributed by atoms with van der Waals surface area (Å²) >= 11 is 3.43. The lowest BCUT2D eigenvalue weighted by Crippen LogP contribution is -1.96. The molecule has 2 heteroatoms. The lowest BCUT2D eigenvalue weighted by molar-refractivity contribution is 1.50. The van der Waals surface area contributed by atoms with E-state index in [1.165, 1.54) is 10.9 Å². The van der Waals surface area contributed by atoms with E-state index < -0.39 is 0 Å². The maximum Gasteiger partial charge on any atom is 0.0249 e. The number of halogens is 1. The highest BCUT2D eigenvalue weighted by molar-refractivity contribution is 9.10. The molecule has 0 bridgehead atoms. The lowest BCUT2D eigenvalue weighted by Gasteiger charge is -1.99. The summed E-state index contributed by atoms with van der Waals surface area (Å²) in [5.41, 5.74) is 1.30. The van der Waals surface area contributed by atoms with E-state index in [1.807, 2.05) is 12.1 Å². The molecule has 0 saturated heterocycles. The van der Waals surface area contributed by atoms with Crippen LogP contribution in [0.4, 0.5) is 0 Å². The van der Waals surface area contributed by atoms with Gasteiger partial charge in [0.15, 0.2) is 0 Å². The second kappa shape index (κ2) is 2.81. The van der Waals surface area contributed by atoms with Gasteiger partial charge in [-0.25, -0.2) is 0 Å². The van der Waals surface area contributed by atoms with Gasteiger partial charge in [0.1, 0.15) is 0 Å². The van der Waals surface area contributed by atoms with Gasteiger partial charge in [-0.05, 0) is 23.9 Å². The van der Waals surface area contributed by atoms with Gasteiger partial charge in [0, 0.05) is 4.47 Å². The standard InChI is InChI=1S/C7H8BrP/c1-5-3-2-4-6(8)7(5)9/h2-4H,9H2,1H3. The van der Waals surface area contributed by atoms with E-state index in [0.29, 0.717) is 0 Å². The molecule has 0 radical (unpaired) electrons. The molecule has 1 rings (SSSR count). The third kappa shape index (κ3) is 1.53. The largest absolute Gasteiger partial charge is 0.104 e. The van der Waals surface area contributed by atoms with Crippen LogP contribution in [0, 0.1) is 6.92 Å². The Labute approximate surface area is 66.0 Å². The van der Waals surface area contributed by atoms with Crippen molar-refractivity contribution in [3.63, 3.8) is 0 Å². The molecule has 0 nitrogen and oxygen atoms in total. The Balaban J connectivity index is 3.25. The summed E-state index contributed by atoms with van der Waals surface area (Å²) in [4.78, 5) is 0. The summed E-state index contributed by atoms with van der Waals surface area (Å²) < 4.78 is 1.16. The zero-order chi connectivity index (χ0) is 6.85. The third-order valence-electron chi connectivity index (χ3n) is 1.27. The van der Waals surface area contributed by atoms with Crippen LogP contribution in [-0.2, 0) is 0 Å². The molecule has 9 heavy (non-hydrogen) atoms. The van der Waals surface area contributed by atoms with Gasteiger partial charge < -0.3 is 0 Å². The molecule has 0 saturated carbocycles. The zero-order valence-electron chi connectivity index (χ0n) is 5.19. The van der Waals surface area contributed by atoms with Crippen LogP contribution in [-0.4, -0.2) is 0 Å². The van der Waals surface area contributed by atoms with Crippen LogP contribution in [0.15, 0.2) is 22.7 Å². The van der Waals surface area contributed by atoms with Gasteiger partial charge in [-0.2, -0.15) is 0 Å². The first-order valence-corrected chi connectivity index (χ1v) is 4.09. The van der Waals surface area contributed by atoms with Gasteiger partial charge in [0.25, 0.3) is 0 Å². The van der Waals surface area contributed by atoms with Crippen molar-refractivity contribution in [2.24, 2.45) is 0 Å². The Bertz CT molecular complexity index is 200. The molecule has 0 spiro atoms. The summed E-state index contributed by atoms with van der Waals surface area (Å²) in [5, 5.41) is 1.25. The van der Waals surface area contributed by atoms with Gasteiger partial charge in [-0.1, -0.05) is 28.1 Å². The summed E-state index contributed by atoms with van der Waals surface area (Å²) in [7, 11) is 2.70. The number of aryl methyl sites for hydroxylation is 1. The zero-order valence-corrected chi connectivity index (χ0v) is 7.93. The average molecular weight is 203 g/mol. The summed E-state index contributed by atoms with van der Waals surface area (Å²) in [6, 6.07) is 6.16. The maximum atomic E-state index is 3.43. The monoisotopic (exact) mass is 202 g/mol. The predicted molar refractivity (Wildman–Crippen MR) is 48.2 cm³/mol. The number of hydrogen-bond acceptors (Lipinski definition) is 0. The van der Waals surface area contributed by atoms with E-state index in [2.05, 4.69) is 38.2 Å². The highest BCUT2D eigenvalue weighted by atomic mass is 79.9. The molecule has 0 aromatic heterocycles. The van der Waals surface area contributed by atoms with E-state index in [4.69, 9.17) is 0 Å². The van der Waals surface area contributed by atoms with Crippen molar-refractivity contribution in [2.75, 3.05) is 0 Å².